The summed E-state index contributed by atoms with van der Waals surface area (Å²) < 4.78 is 5.17. The van der Waals surface area contributed by atoms with Gasteiger partial charge in [-0.05, 0) is 6.07 Å². The van der Waals surface area contributed by atoms with Crippen LogP contribution in [0.15, 0.2) is 23.6 Å². The van der Waals surface area contributed by atoms with Crippen molar-refractivity contribution >= 4 is 11.8 Å². The van der Waals surface area contributed by atoms with Crippen LogP contribution < -0.4 is 0 Å². The molecule has 4 heteroatoms. The van der Waals surface area contributed by atoms with Crippen molar-refractivity contribution in [2.24, 2.45) is 5.41 Å². The molecule has 1 aromatic heterocycles. The zero-order valence-electron chi connectivity index (χ0n) is 7.56. The highest BCUT2D eigenvalue weighted by Crippen LogP contribution is 2.32. The molecule has 0 aromatic carbocycles. The molecule has 0 bridgehead atoms. The molecule has 3 nitrogen and oxygen atoms in total. The van der Waals surface area contributed by atoms with Gasteiger partial charge in [0.05, 0.1) is 13.2 Å². The Labute approximate surface area is 81.9 Å². The van der Waals surface area contributed by atoms with Gasteiger partial charge in [0.1, 0.15) is 0 Å². The van der Waals surface area contributed by atoms with E-state index in [0.29, 0.717) is 5.41 Å². The molecular weight excluding hydrogens is 184 g/mol. The average Bonchev–Trinajstić information content (AvgIpc) is 2.13. The van der Waals surface area contributed by atoms with Crippen LogP contribution in [-0.2, 0) is 4.74 Å². The maximum Gasteiger partial charge on any atom is 0.187 e. The smallest absolute Gasteiger partial charge is 0.187 e. The number of ether oxygens (including phenoxy) is 1. The molecule has 0 saturated carbocycles. The molecule has 0 atom stereocenters. The Hall–Kier alpha value is -0.610. The lowest BCUT2D eigenvalue weighted by atomic mass is 9.92. The summed E-state index contributed by atoms with van der Waals surface area (Å²) in [6, 6.07) is 1.83. The zero-order valence-corrected chi connectivity index (χ0v) is 8.38. The van der Waals surface area contributed by atoms with Crippen LogP contribution in [0.2, 0.25) is 0 Å². The first-order valence-electron chi connectivity index (χ1n) is 4.26. The van der Waals surface area contributed by atoms with E-state index in [1.165, 1.54) is 0 Å². The van der Waals surface area contributed by atoms with Crippen LogP contribution in [0.5, 0.6) is 0 Å². The molecule has 1 saturated heterocycles. The van der Waals surface area contributed by atoms with Gasteiger partial charge in [0.2, 0.25) is 0 Å². The van der Waals surface area contributed by atoms with Crippen LogP contribution in [0.25, 0.3) is 0 Å². The first kappa shape index (κ1) is 8.97. The number of aromatic nitrogens is 2. The lowest BCUT2D eigenvalue weighted by Crippen LogP contribution is -2.41. The molecule has 70 valence electrons. The monoisotopic (exact) mass is 196 g/mol. The van der Waals surface area contributed by atoms with Crippen molar-refractivity contribution in [3.8, 4) is 0 Å². The maximum atomic E-state index is 5.17. The second kappa shape index (κ2) is 3.64. The molecule has 1 fully saturated rings. The van der Waals surface area contributed by atoms with Crippen molar-refractivity contribution in [2.75, 3.05) is 19.0 Å². The van der Waals surface area contributed by atoms with E-state index in [0.717, 1.165) is 24.1 Å². The van der Waals surface area contributed by atoms with E-state index in [4.69, 9.17) is 4.74 Å². The molecule has 2 heterocycles. The fourth-order valence-corrected chi connectivity index (χ4v) is 2.05. The van der Waals surface area contributed by atoms with Crippen LogP contribution in [0.1, 0.15) is 6.92 Å². The lowest BCUT2D eigenvalue weighted by Gasteiger charge is -2.37. The molecule has 0 amide bonds. The van der Waals surface area contributed by atoms with Gasteiger partial charge in [-0.25, -0.2) is 9.97 Å². The molecule has 1 aromatic rings. The second-order valence-electron chi connectivity index (χ2n) is 3.62. The first-order valence-corrected chi connectivity index (χ1v) is 5.25. The van der Waals surface area contributed by atoms with Crippen molar-refractivity contribution in [2.45, 2.75) is 12.1 Å². The predicted molar refractivity (Wildman–Crippen MR) is 51.7 cm³/mol. The van der Waals surface area contributed by atoms with Crippen LogP contribution in [-0.4, -0.2) is 28.9 Å². The lowest BCUT2D eigenvalue weighted by molar-refractivity contribution is -0.0861. The van der Waals surface area contributed by atoms with Gasteiger partial charge in [0, 0.05) is 23.6 Å². The minimum atomic E-state index is 0.337. The minimum absolute atomic E-state index is 0.337. The highest BCUT2D eigenvalue weighted by molar-refractivity contribution is 7.99. The molecular formula is C9H12N2OS. The molecule has 0 radical (unpaired) electrons. The molecule has 1 aliphatic rings. The number of thioether (sulfide) groups is 1. The summed E-state index contributed by atoms with van der Waals surface area (Å²) >= 11 is 1.70. The van der Waals surface area contributed by atoms with Crippen molar-refractivity contribution in [3.63, 3.8) is 0 Å². The molecule has 0 unspecified atom stereocenters. The third kappa shape index (κ3) is 2.19. The third-order valence-corrected chi connectivity index (χ3v) is 3.30. The van der Waals surface area contributed by atoms with E-state index >= 15 is 0 Å². The Morgan fingerprint density at radius 1 is 1.46 bits per heavy atom. The molecule has 0 N–H and O–H groups in total. The summed E-state index contributed by atoms with van der Waals surface area (Å²) in [4.78, 5) is 8.30. The van der Waals surface area contributed by atoms with Crippen molar-refractivity contribution in [3.05, 3.63) is 18.5 Å². The Morgan fingerprint density at radius 3 is 2.69 bits per heavy atom. The van der Waals surface area contributed by atoms with E-state index in [9.17, 15) is 0 Å². The van der Waals surface area contributed by atoms with Gasteiger partial charge in [-0.15, -0.1) is 0 Å². The first-order chi connectivity index (χ1) is 6.29. The summed E-state index contributed by atoms with van der Waals surface area (Å²) in [6.45, 7) is 3.96. The van der Waals surface area contributed by atoms with Crippen LogP contribution >= 0.6 is 11.8 Å². The summed E-state index contributed by atoms with van der Waals surface area (Å²) in [5, 5.41) is 0.857. The fourth-order valence-electron chi connectivity index (χ4n) is 1.13. The van der Waals surface area contributed by atoms with E-state index in [-0.39, 0.29) is 0 Å². The molecule has 1 aliphatic heterocycles. The van der Waals surface area contributed by atoms with E-state index in [1.807, 2.05) is 6.07 Å². The van der Waals surface area contributed by atoms with E-state index in [1.54, 1.807) is 24.2 Å². The fraction of sp³-hybridized carbons (Fsp3) is 0.556. The summed E-state index contributed by atoms with van der Waals surface area (Å²) in [5.41, 5.74) is 0.337. The van der Waals surface area contributed by atoms with Gasteiger partial charge in [0.25, 0.3) is 0 Å². The van der Waals surface area contributed by atoms with Gasteiger partial charge in [-0.2, -0.15) is 0 Å². The molecule has 0 spiro atoms. The number of rotatable bonds is 3. The van der Waals surface area contributed by atoms with Crippen molar-refractivity contribution < 1.29 is 4.74 Å². The van der Waals surface area contributed by atoms with E-state index < -0.39 is 0 Å². The Kier molecular flexibility index (Phi) is 2.51. The standard InChI is InChI=1S/C9H12N2OS/c1-9(5-12-6-9)7-13-8-10-3-2-4-11-8/h2-4H,5-7H2,1H3. The maximum absolute atomic E-state index is 5.17. The highest BCUT2D eigenvalue weighted by Gasteiger charge is 2.33. The van der Waals surface area contributed by atoms with Gasteiger partial charge in [0.15, 0.2) is 5.16 Å². The molecule has 2 rings (SSSR count). The van der Waals surface area contributed by atoms with Crippen LogP contribution in [0.4, 0.5) is 0 Å². The third-order valence-electron chi connectivity index (χ3n) is 1.99. The van der Waals surface area contributed by atoms with Crippen molar-refractivity contribution in [1.29, 1.82) is 0 Å². The van der Waals surface area contributed by atoms with Crippen LogP contribution in [0.3, 0.4) is 0 Å². The quantitative estimate of drug-likeness (QED) is 0.543. The molecule has 13 heavy (non-hydrogen) atoms. The molecule has 0 aliphatic carbocycles. The summed E-state index contributed by atoms with van der Waals surface area (Å²) in [5.74, 6) is 1.04. The summed E-state index contributed by atoms with van der Waals surface area (Å²) in [6.07, 6.45) is 3.55. The van der Waals surface area contributed by atoms with E-state index in [2.05, 4.69) is 16.9 Å². The minimum Gasteiger partial charge on any atom is -0.380 e. The highest BCUT2D eigenvalue weighted by atomic mass is 32.2. The largest absolute Gasteiger partial charge is 0.380 e. The normalized spacial score (nSPS) is 19.5. The Bertz CT molecular complexity index is 274. The number of hydrogen-bond donors (Lipinski definition) is 0. The predicted octanol–water partition coefficient (Wildman–Crippen LogP) is 1.61. The number of hydrogen-bond acceptors (Lipinski definition) is 4. The van der Waals surface area contributed by atoms with Gasteiger partial charge in [-0.3, -0.25) is 0 Å². The SMILES string of the molecule is CC1(CSc2ncccn2)COC1. The zero-order chi connectivity index (χ0) is 9.15. The topological polar surface area (TPSA) is 35.0 Å². The number of nitrogens with zero attached hydrogens (tertiary/aromatic N) is 2. The Balaban J connectivity index is 1.86. The van der Waals surface area contributed by atoms with Crippen LogP contribution in [0, 0.1) is 5.41 Å². The average molecular weight is 196 g/mol. The van der Waals surface area contributed by atoms with Gasteiger partial charge >= 0.3 is 0 Å². The summed E-state index contributed by atoms with van der Waals surface area (Å²) in [7, 11) is 0. The van der Waals surface area contributed by atoms with Gasteiger partial charge < -0.3 is 4.74 Å². The van der Waals surface area contributed by atoms with Gasteiger partial charge in [-0.1, -0.05) is 18.7 Å². The second-order valence-corrected chi connectivity index (χ2v) is 4.57. The Morgan fingerprint density at radius 2 is 2.15 bits per heavy atom. The van der Waals surface area contributed by atoms with Crippen molar-refractivity contribution in [1.82, 2.24) is 9.97 Å².